The Bertz CT molecular complexity index is 531. The molecule has 2 unspecified atom stereocenters. The highest BCUT2D eigenvalue weighted by Crippen LogP contribution is 2.27. The van der Waals surface area contributed by atoms with Crippen molar-refractivity contribution in [2.75, 3.05) is 5.75 Å². The summed E-state index contributed by atoms with van der Waals surface area (Å²) in [7, 11) is 0. The zero-order chi connectivity index (χ0) is 12.3. The van der Waals surface area contributed by atoms with Crippen molar-refractivity contribution in [1.82, 2.24) is 0 Å². The summed E-state index contributed by atoms with van der Waals surface area (Å²) in [5.74, 6) is 0.641. The van der Waals surface area contributed by atoms with Crippen LogP contribution in [0.3, 0.4) is 0 Å². The smallest absolute Gasteiger partial charge is 0.152 e. The summed E-state index contributed by atoms with van der Waals surface area (Å²) < 4.78 is 19.5. The molecule has 17 heavy (non-hydrogen) atoms. The number of fused-ring (bicyclic) bond motifs is 1. The maximum Gasteiger partial charge on any atom is 0.152 e. The Hall–Kier alpha value is -1.19. The molecule has 2 nitrogen and oxygen atoms in total. The molecule has 0 radical (unpaired) electrons. The van der Waals surface area contributed by atoms with E-state index in [2.05, 4.69) is 31.2 Å². The number of hydrogen-bond acceptors (Lipinski definition) is 1. The Morgan fingerprint density at radius 1 is 1.18 bits per heavy atom. The van der Waals surface area contributed by atoms with Crippen LogP contribution in [0.1, 0.15) is 24.8 Å². The highest BCUT2D eigenvalue weighted by Gasteiger charge is 2.10. The molecule has 0 fully saturated rings. The van der Waals surface area contributed by atoms with Crippen molar-refractivity contribution in [2.24, 2.45) is 0 Å². The Balaban J connectivity index is 2.31. The molecule has 0 amide bonds. The van der Waals surface area contributed by atoms with Crippen molar-refractivity contribution >= 4 is 21.9 Å². The van der Waals surface area contributed by atoms with Crippen molar-refractivity contribution < 1.29 is 8.76 Å². The van der Waals surface area contributed by atoms with Crippen LogP contribution in [0.15, 0.2) is 42.5 Å². The Kier molecular flexibility index (Phi) is 3.92. The summed E-state index contributed by atoms with van der Waals surface area (Å²) >= 11 is -1.69. The topological polar surface area (TPSA) is 37.3 Å². The third-order valence-corrected chi connectivity index (χ3v) is 3.66. The zero-order valence-electron chi connectivity index (χ0n) is 9.80. The highest BCUT2D eigenvalue weighted by molar-refractivity contribution is 7.79. The summed E-state index contributed by atoms with van der Waals surface area (Å²) in [5.41, 5.74) is 1.26. The predicted octanol–water partition coefficient (Wildman–Crippen LogP) is 3.56. The first-order valence-corrected chi connectivity index (χ1v) is 7.01. The van der Waals surface area contributed by atoms with Crippen LogP contribution in [0, 0.1) is 0 Å². The molecule has 2 rings (SSSR count). The van der Waals surface area contributed by atoms with Gasteiger partial charge in [-0.25, -0.2) is 4.21 Å². The first kappa shape index (κ1) is 12.3. The average molecular weight is 248 g/mol. The number of benzene rings is 2. The first-order valence-electron chi connectivity index (χ1n) is 5.73. The fraction of sp³-hybridized carbons (Fsp3) is 0.286. The molecule has 0 aromatic heterocycles. The molecule has 2 aromatic rings. The van der Waals surface area contributed by atoms with Crippen LogP contribution in [0.4, 0.5) is 0 Å². The fourth-order valence-corrected chi connectivity index (χ4v) is 2.67. The lowest BCUT2D eigenvalue weighted by molar-refractivity contribution is 0.557. The third-order valence-electron chi connectivity index (χ3n) is 3.08. The van der Waals surface area contributed by atoms with Crippen LogP contribution in [0.2, 0.25) is 0 Å². The van der Waals surface area contributed by atoms with Crippen molar-refractivity contribution in [3.05, 3.63) is 48.0 Å². The molecule has 3 heteroatoms. The van der Waals surface area contributed by atoms with E-state index < -0.39 is 11.1 Å². The van der Waals surface area contributed by atoms with Gasteiger partial charge in [-0.1, -0.05) is 49.4 Å². The van der Waals surface area contributed by atoms with Gasteiger partial charge in [0.05, 0.1) is 0 Å². The second-order valence-electron chi connectivity index (χ2n) is 4.28. The normalized spacial score (nSPS) is 14.7. The SMILES string of the molecule is CC(CCS(=O)O)c1cccc2ccccc12. The maximum absolute atomic E-state index is 10.7. The van der Waals surface area contributed by atoms with Crippen LogP contribution < -0.4 is 0 Å². The van der Waals surface area contributed by atoms with Crippen molar-refractivity contribution in [2.45, 2.75) is 19.3 Å². The van der Waals surface area contributed by atoms with Gasteiger partial charge >= 0.3 is 0 Å². The van der Waals surface area contributed by atoms with Crippen molar-refractivity contribution in [3.8, 4) is 0 Å². The summed E-state index contributed by atoms with van der Waals surface area (Å²) in [6.45, 7) is 2.11. The van der Waals surface area contributed by atoms with Crippen LogP contribution in [0.25, 0.3) is 10.8 Å². The minimum Gasteiger partial charge on any atom is -0.306 e. The Morgan fingerprint density at radius 2 is 1.88 bits per heavy atom. The molecule has 2 aromatic carbocycles. The highest BCUT2D eigenvalue weighted by atomic mass is 32.2. The van der Waals surface area contributed by atoms with Crippen LogP contribution in [-0.4, -0.2) is 14.5 Å². The molecule has 0 bridgehead atoms. The minimum absolute atomic E-state index is 0.303. The van der Waals surface area contributed by atoms with Gasteiger partial charge in [-0.15, -0.1) is 0 Å². The summed E-state index contributed by atoms with van der Waals surface area (Å²) in [6, 6.07) is 14.5. The molecule has 0 spiro atoms. The monoisotopic (exact) mass is 248 g/mol. The first-order chi connectivity index (χ1) is 8.18. The molecule has 90 valence electrons. The van der Waals surface area contributed by atoms with E-state index in [1.165, 1.54) is 16.3 Å². The van der Waals surface area contributed by atoms with Gasteiger partial charge in [0, 0.05) is 5.75 Å². The molecule has 0 aliphatic rings. The zero-order valence-corrected chi connectivity index (χ0v) is 10.6. The van der Waals surface area contributed by atoms with E-state index in [-0.39, 0.29) is 0 Å². The Labute approximate surface area is 104 Å². The quantitative estimate of drug-likeness (QED) is 0.840. The van der Waals surface area contributed by atoms with Crippen LogP contribution >= 0.6 is 0 Å². The molecule has 0 heterocycles. The minimum atomic E-state index is -1.69. The molecule has 0 aliphatic carbocycles. The molecular weight excluding hydrogens is 232 g/mol. The van der Waals surface area contributed by atoms with Gasteiger partial charge < -0.3 is 4.55 Å². The third kappa shape index (κ3) is 2.93. The summed E-state index contributed by atoms with van der Waals surface area (Å²) in [4.78, 5) is 0. The Morgan fingerprint density at radius 3 is 2.65 bits per heavy atom. The van der Waals surface area contributed by atoms with E-state index in [1.807, 2.05) is 18.2 Å². The van der Waals surface area contributed by atoms with Gasteiger partial charge in [-0.05, 0) is 28.7 Å². The van der Waals surface area contributed by atoms with E-state index in [0.717, 1.165) is 6.42 Å². The molecule has 1 N–H and O–H groups in total. The standard InChI is InChI=1S/C14H16O2S/c1-11(9-10-17(15)16)13-8-4-6-12-5-2-3-7-14(12)13/h2-8,11H,9-10H2,1H3,(H,15,16). The van der Waals surface area contributed by atoms with Gasteiger partial charge in [-0.3, -0.25) is 0 Å². The number of hydrogen-bond donors (Lipinski definition) is 1. The molecule has 0 saturated carbocycles. The lowest BCUT2D eigenvalue weighted by Gasteiger charge is -2.13. The molecular formula is C14H16O2S. The predicted molar refractivity (Wildman–Crippen MR) is 72.6 cm³/mol. The van der Waals surface area contributed by atoms with Gasteiger partial charge in [0.25, 0.3) is 0 Å². The second-order valence-corrected chi connectivity index (χ2v) is 5.33. The van der Waals surface area contributed by atoms with Crippen molar-refractivity contribution in [1.29, 1.82) is 0 Å². The van der Waals surface area contributed by atoms with E-state index in [1.54, 1.807) is 0 Å². The fourth-order valence-electron chi connectivity index (χ4n) is 2.11. The molecule has 0 aliphatic heterocycles. The van der Waals surface area contributed by atoms with E-state index in [0.29, 0.717) is 11.7 Å². The molecule has 0 saturated heterocycles. The van der Waals surface area contributed by atoms with Gasteiger partial charge in [0.1, 0.15) is 0 Å². The average Bonchev–Trinajstić information content (AvgIpc) is 2.35. The summed E-state index contributed by atoms with van der Waals surface area (Å²) in [6.07, 6.45) is 0.733. The van der Waals surface area contributed by atoms with Crippen LogP contribution in [0.5, 0.6) is 0 Å². The van der Waals surface area contributed by atoms with Crippen LogP contribution in [-0.2, 0) is 11.1 Å². The second kappa shape index (κ2) is 5.43. The van der Waals surface area contributed by atoms with Crippen molar-refractivity contribution in [3.63, 3.8) is 0 Å². The van der Waals surface area contributed by atoms with Gasteiger partial charge in [0.2, 0.25) is 0 Å². The lowest BCUT2D eigenvalue weighted by atomic mass is 9.93. The largest absolute Gasteiger partial charge is 0.306 e. The van der Waals surface area contributed by atoms with E-state index in [9.17, 15) is 4.21 Å². The van der Waals surface area contributed by atoms with E-state index >= 15 is 0 Å². The van der Waals surface area contributed by atoms with E-state index in [4.69, 9.17) is 4.55 Å². The molecule has 2 atom stereocenters. The van der Waals surface area contributed by atoms with Gasteiger partial charge in [-0.2, -0.15) is 0 Å². The maximum atomic E-state index is 10.7. The summed E-state index contributed by atoms with van der Waals surface area (Å²) in [5, 5.41) is 2.47. The lowest BCUT2D eigenvalue weighted by Crippen LogP contribution is -2.02. The van der Waals surface area contributed by atoms with Gasteiger partial charge in [0.15, 0.2) is 11.1 Å². The number of rotatable bonds is 4.